The maximum atomic E-state index is 11.9. The molecule has 1 unspecified atom stereocenters. The van der Waals surface area contributed by atoms with Crippen LogP contribution >= 0.6 is 0 Å². The van der Waals surface area contributed by atoms with Crippen LogP contribution in [0.1, 0.15) is 25.3 Å². The Hall–Kier alpha value is -1.39. The van der Waals surface area contributed by atoms with Gasteiger partial charge < -0.3 is 15.4 Å². The first-order chi connectivity index (χ1) is 9.28. The van der Waals surface area contributed by atoms with E-state index in [9.17, 15) is 4.79 Å². The average Bonchev–Trinajstić information content (AvgIpc) is 2.42. The smallest absolute Gasteiger partial charge is 0.227 e. The van der Waals surface area contributed by atoms with Gasteiger partial charge in [-0.05, 0) is 24.1 Å². The molecule has 1 heterocycles. The summed E-state index contributed by atoms with van der Waals surface area (Å²) in [5, 5.41) is 6.13. The Morgan fingerprint density at radius 2 is 2.21 bits per heavy atom. The molecule has 1 aliphatic heterocycles. The summed E-state index contributed by atoms with van der Waals surface area (Å²) in [7, 11) is 0. The van der Waals surface area contributed by atoms with Gasteiger partial charge in [-0.3, -0.25) is 4.79 Å². The van der Waals surface area contributed by atoms with Gasteiger partial charge in [-0.2, -0.15) is 0 Å². The number of nitrogens with one attached hydrogen (secondary N) is 2. The Balaban J connectivity index is 1.80. The first-order valence-electron chi connectivity index (χ1n) is 6.99. The molecule has 1 atom stereocenters. The van der Waals surface area contributed by atoms with Gasteiger partial charge in [0.2, 0.25) is 5.91 Å². The van der Waals surface area contributed by atoms with Crippen LogP contribution in [0.25, 0.3) is 0 Å². The molecule has 1 saturated heterocycles. The van der Waals surface area contributed by atoms with E-state index in [-0.39, 0.29) is 12.0 Å². The minimum atomic E-state index is -0.00638. The van der Waals surface area contributed by atoms with Gasteiger partial charge in [-0.1, -0.05) is 25.5 Å². The lowest BCUT2D eigenvalue weighted by molar-refractivity contribution is -0.119. The molecule has 4 nitrogen and oxygen atoms in total. The molecule has 1 amide bonds. The van der Waals surface area contributed by atoms with Crippen LogP contribution < -0.4 is 10.6 Å². The minimum absolute atomic E-state index is 0.00638. The van der Waals surface area contributed by atoms with Crippen molar-refractivity contribution in [2.45, 2.75) is 32.3 Å². The predicted molar refractivity (Wildman–Crippen MR) is 76.3 cm³/mol. The van der Waals surface area contributed by atoms with E-state index in [0.29, 0.717) is 13.0 Å². The lowest BCUT2D eigenvalue weighted by Gasteiger charge is -2.23. The van der Waals surface area contributed by atoms with Crippen LogP contribution in [0.2, 0.25) is 0 Å². The number of carbonyl (C=O) groups excluding carboxylic acids is 1. The van der Waals surface area contributed by atoms with Crippen molar-refractivity contribution in [2.75, 3.05) is 25.0 Å². The lowest BCUT2D eigenvalue weighted by Crippen LogP contribution is -2.40. The van der Waals surface area contributed by atoms with Crippen molar-refractivity contribution in [1.29, 1.82) is 0 Å². The molecular formula is C15H22N2O2. The Morgan fingerprint density at radius 1 is 1.42 bits per heavy atom. The van der Waals surface area contributed by atoms with E-state index in [0.717, 1.165) is 31.6 Å². The second kappa shape index (κ2) is 7.26. The number of amides is 1. The number of ether oxygens (including phenoxy) is 1. The van der Waals surface area contributed by atoms with Crippen LogP contribution in [0.15, 0.2) is 24.3 Å². The Bertz CT molecular complexity index is 397. The van der Waals surface area contributed by atoms with Crippen LogP contribution in [0.5, 0.6) is 0 Å². The molecular weight excluding hydrogens is 240 g/mol. The first kappa shape index (κ1) is 14.0. The van der Waals surface area contributed by atoms with E-state index in [1.807, 2.05) is 12.1 Å². The molecule has 0 spiro atoms. The zero-order chi connectivity index (χ0) is 13.5. The Kier molecular flexibility index (Phi) is 5.36. The largest absolute Gasteiger partial charge is 0.375 e. The Labute approximate surface area is 114 Å². The third-order valence-electron chi connectivity index (χ3n) is 3.19. The van der Waals surface area contributed by atoms with E-state index < -0.39 is 0 Å². The molecule has 0 aromatic heterocycles. The summed E-state index contributed by atoms with van der Waals surface area (Å²) >= 11 is 0. The van der Waals surface area contributed by atoms with Gasteiger partial charge in [0.1, 0.15) is 0 Å². The molecule has 19 heavy (non-hydrogen) atoms. The zero-order valence-electron chi connectivity index (χ0n) is 11.4. The van der Waals surface area contributed by atoms with Crippen molar-refractivity contribution in [1.82, 2.24) is 5.32 Å². The number of rotatable bonds is 5. The van der Waals surface area contributed by atoms with Crippen molar-refractivity contribution in [3.8, 4) is 0 Å². The van der Waals surface area contributed by atoms with Gasteiger partial charge >= 0.3 is 0 Å². The summed E-state index contributed by atoms with van der Waals surface area (Å²) in [6.45, 7) is 4.47. The van der Waals surface area contributed by atoms with Gasteiger partial charge in [-0.15, -0.1) is 0 Å². The second-order valence-corrected chi connectivity index (χ2v) is 4.90. The average molecular weight is 262 g/mol. The molecule has 104 valence electrons. The number of carbonyl (C=O) groups is 1. The minimum Gasteiger partial charge on any atom is -0.375 e. The molecule has 1 fully saturated rings. The van der Waals surface area contributed by atoms with Crippen molar-refractivity contribution in [3.63, 3.8) is 0 Å². The van der Waals surface area contributed by atoms with Crippen LogP contribution in [-0.2, 0) is 16.0 Å². The maximum absolute atomic E-state index is 11.9. The Morgan fingerprint density at radius 3 is 2.84 bits per heavy atom. The van der Waals surface area contributed by atoms with E-state index in [2.05, 4.69) is 29.7 Å². The van der Waals surface area contributed by atoms with Crippen LogP contribution in [0.3, 0.4) is 0 Å². The van der Waals surface area contributed by atoms with Crippen LogP contribution in [-0.4, -0.2) is 31.7 Å². The summed E-state index contributed by atoms with van der Waals surface area (Å²) in [5.41, 5.74) is 2.16. The van der Waals surface area contributed by atoms with Crippen molar-refractivity contribution >= 4 is 11.6 Å². The normalized spacial score (nSPS) is 19.1. The fraction of sp³-hybridized carbons (Fsp3) is 0.533. The highest BCUT2D eigenvalue weighted by atomic mass is 16.5. The standard InChI is InChI=1S/C15H22N2O2/c1-2-3-12-4-6-13(7-5-12)17-15(18)10-14-11-16-8-9-19-14/h4-7,14,16H,2-3,8-11H2,1H3,(H,17,18). The van der Waals surface area contributed by atoms with Crippen LogP contribution in [0.4, 0.5) is 5.69 Å². The zero-order valence-corrected chi connectivity index (χ0v) is 11.4. The number of aryl methyl sites for hydroxylation is 1. The highest BCUT2D eigenvalue weighted by Crippen LogP contribution is 2.12. The highest BCUT2D eigenvalue weighted by Gasteiger charge is 2.17. The van der Waals surface area contributed by atoms with Crippen molar-refractivity contribution in [2.24, 2.45) is 0 Å². The van der Waals surface area contributed by atoms with Crippen LogP contribution in [0, 0.1) is 0 Å². The third-order valence-corrected chi connectivity index (χ3v) is 3.19. The maximum Gasteiger partial charge on any atom is 0.227 e. The number of morpholine rings is 1. The predicted octanol–water partition coefficient (Wildman–Crippen LogP) is 1.96. The molecule has 0 radical (unpaired) electrons. The number of hydrogen-bond acceptors (Lipinski definition) is 3. The van der Waals surface area contributed by atoms with E-state index in [1.54, 1.807) is 0 Å². The molecule has 1 aromatic carbocycles. The third kappa shape index (κ3) is 4.65. The number of anilines is 1. The monoisotopic (exact) mass is 262 g/mol. The highest BCUT2D eigenvalue weighted by molar-refractivity contribution is 5.91. The molecule has 4 heteroatoms. The fourth-order valence-corrected chi connectivity index (χ4v) is 2.21. The SMILES string of the molecule is CCCc1ccc(NC(=O)CC2CNCCO2)cc1. The summed E-state index contributed by atoms with van der Waals surface area (Å²) in [6, 6.07) is 8.06. The molecule has 0 aliphatic carbocycles. The molecule has 2 N–H and O–H groups in total. The number of hydrogen-bond donors (Lipinski definition) is 2. The molecule has 0 saturated carbocycles. The first-order valence-corrected chi connectivity index (χ1v) is 6.99. The molecule has 1 aliphatic rings. The van der Waals surface area contributed by atoms with Gasteiger partial charge in [0, 0.05) is 18.8 Å². The van der Waals surface area contributed by atoms with Gasteiger partial charge in [-0.25, -0.2) is 0 Å². The topological polar surface area (TPSA) is 50.4 Å². The van der Waals surface area contributed by atoms with E-state index in [4.69, 9.17) is 4.74 Å². The van der Waals surface area contributed by atoms with Gasteiger partial charge in [0.05, 0.1) is 19.1 Å². The lowest BCUT2D eigenvalue weighted by atomic mass is 10.1. The van der Waals surface area contributed by atoms with E-state index in [1.165, 1.54) is 5.56 Å². The summed E-state index contributed by atoms with van der Waals surface area (Å²) < 4.78 is 5.51. The van der Waals surface area contributed by atoms with Gasteiger partial charge in [0.25, 0.3) is 0 Å². The van der Waals surface area contributed by atoms with Crippen molar-refractivity contribution in [3.05, 3.63) is 29.8 Å². The number of benzene rings is 1. The molecule has 1 aromatic rings. The second-order valence-electron chi connectivity index (χ2n) is 4.90. The summed E-state index contributed by atoms with van der Waals surface area (Å²) in [4.78, 5) is 11.9. The van der Waals surface area contributed by atoms with Crippen molar-refractivity contribution < 1.29 is 9.53 Å². The fourth-order valence-electron chi connectivity index (χ4n) is 2.21. The summed E-state index contributed by atoms with van der Waals surface area (Å²) in [6.07, 6.45) is 2.62. The molecule has 0 bridgehead atoms. The van der Waals surface area contributed by atoms with Gasteiger partial charge in [0.15, 0.2) is 0 Å². The van der Waals surface area contributed by atoms with E-state index >= 15 is 0 Å². The molecule has 2 rings (SSSR count). The quantitative estimate of drug-likeness (QED) is 0.853. The summed E-state index contributed by atoms with van der Waals surface area (Å²) in [5.74, 6) is 0.0111.